The number of hydrogen-bond donors (Lipinski definition) is 1. The van der Waals surface area contributed by atoms with Gasteiger partial charge in [-0.3, -0.25) is 9.59 Å². The van der Waals surface area contributed by atoms with E-state index in [0.717, 1.165) is 23.8 Å². The summed E-state index contributed by atoms with van der Waals surface area (Å²) in [5, 5.41) is 9.38. The number of fused-ring (bicyclic) bond motifs is 1. The summed E-state index contributed by atoms with van der Waals surface area (Å²) in [4.78, 5) is 40.9. The van der Waals surface area contributed by atoms with Crippen LogP contribution in [0.15, 0.2) is 70.2 Å². The van der Waals surface area contributed by atoms with E-state index in [0.29, 0.717) is 51.6 Å². The fraction of sp³-hybridized carbons (Fsp3) is 0.235. The van der Waals surface area contributed by atoms with Crippen LogP contribution in [0, 0.1) is 18.2 Å². The molecule has 1 N–H and O–H groups in total. The zero-order chi connectivity index (χ0) is 33.8. The van der Waals surface area contributed by atoms with Crippen LogP contribution < -0.4 is 19.1 Å². The summed E-state index contributed by atoms with van der Waals surface area (Å²) in [6.07, 6.45) is 6.63. The minimum atomic E-state index is -1.03. The number of aliphatic carboxylic acids is 1. The van der Waals surface area contributed by atoms with Crippen LogP contribution in [0.2, 0.25) is 10.0 Å². The van der Waals surface area contributed by atoms with Crippen molar-refractivity contribution < 1.29 is 42.5 Å². The molecule has 2 heterocycles. The highest BCUT2D eigenvalue weighted by atomic mass is 35.5. The van der Waals surface area contributed by atoms with Crippen molar-refractivity contribution in [3.05, 3.63) is 81.6 Å². The standard InChI is InChI=1S/C18H15ClFNO3.C16H12ClNO5/c1-3-10(2)24-16-9-15(14(20)8-13(16)19)21-17(22)11-6-4-5-7-12(11)18(21)23;1-9(15(19)20)21-11-3-5-12(6-4-11)22-16-18-13-7-2-10(17)8-14(13)23-16/h1,8-10H,4-7H2,2H3;2-9H,1H3,(H,19,20). The van der Waals surface area contributed by atoms with Gasteiger partial charge in [0.05, 0.1) is 10.7 Å². The van der Waals surface area contributed by atoms with Gasteiger partial charge in [0.25, 0.3) is 11.8 Å². The van der Waals surface area contributed by atoms with E-state index in [1.54, 1.807) is 49.4 Å². The van der Waals surface area contributed by atoms with Gasteiger partial charge in [-0.15, -0.1) is 6.42 Å². The predicted octanol–water partition coefficient (Wildman–Crippen LogP) is 7.75. The van der Waals surface area contributed by atoms with Gasteiger partial charge in [0.1, 0.15) is 28.6 Å². The maximum Gasteiger partial charge on any atom is 0.400 e. The van der Waals surface area contributed by atoms with Crippen molar-refractivity contribution in [3.63, 3.8) is 0 Å². The number of rotatable bonds is 8. The molecule has 2 atom stereocenters. The van der Waals surface area contributed by atoms with E-state index in [-0.39, 0.29) is 22.5 Å². The number of hydrogen-bond acceptors (Lipinski definition) is 8. The average Bonchev–Trinajstić information content (AvgIpc) is 3.56. The lowest BCUT2D eigenvalue weighted by atomic mass is 9.93. The van der Waals surface area contributed by atoms with E-state index < -0.39 is 35.8 Å². The topological polar surface area (TPSA) is 128 Å². The summed E-state index contributed by atoms with van der Waals surface area (Å²) in [5.74, 6) is 0.687. The minimum absolute atomic E-state index is 0.0233. The molecule has 2 amide bonds. The molecule has 0 spiro atoms. The number of halogens is 3. The first-order valence-corrected chi connectivity index (χ1v) is 15.2. The number of oxazole rings is 1. The Morgan fingerprint density at radius 1 is 1.00 bits per heavy atom. The molecule has 3 aromatic carbocycles. The van der Waals surface area contributed by atoms with E-state index in [9.17, 15) is 18.8 Å². The van der Waals surface area contributed by atoms with Gasteiger partial charge in [-0.1, -0.05) is 29.1 Å². The molecule has 13 heteroatoms. The summed E-state index contributed by atoms with van der Waals surface area (Å²) in [6.45, 7) is 3.09. The molecule has 2 aliphatic rings. The summed E-state index contributed by atoms with van der Waals surface area (Å²) < 4.78 is 36.0. The molecule has 0 saturated heterocycles. The van der Waals surface area contributed by atoms with Crippen LogP contribution in [0.4, 0.5) is 10.1 Å². The van der Waals surface area contributed by atoms with Gasteiger partial charge in [-0.2, -0.15) is 4.98 Å². The Bertz CT molecular complexity index is 1900. The molecule has 1 aromatic heterocycles. The third-order valence-electron chi connectivity index (χ3n) is 7.19. The van der Waals surface area contributed by atoms with E-state index in [4.69, 9.17) is 53.4 Å². The van der Waals surface area contributed by atoms with Crippen LogP contribution in [-0.4, -0.2) is 40.1 Å². The van der Waals surface area contributed by atoms with Crippen LogP contribution in [0.3, 0.4) is 0 Å². The zero-order valence-corrected chi connectivity index (χ0v) is 26.6. The zero-order valence-electron chi connectivity index (χ0n) is 25.1. The Balaban J connectivity index is 0.000000185. The van der Waals surface area contributed by atoms with Crippen molar-refractivity contribution in [2.24, 2.45) is 0 Å². The summed E-state index contributed by atoms with van der Waals surface area (Å²) in [7, 11) is 0. The number of ether oxygens (including phenoxy) is 3. The lowest BCUT2D eigenvalue weighted by Crippen LogP contribution is -2.32. The molecule has 1 aliphatic carbocycles. The molecule has 2 unspecified atom stereocenters. The van der Waals surface area contributed by atoms with Crippen LogP contribution in [0.5, 0.6) is 23.3 Å². The Hall–Kier alpha value is -5.05. The number of anilines is 1. The Morgan fingerprint density at radius 2 is 1.64 bits per heavy atom. The number of carbonyl (C=O) groups excluding carboxylic acids is 2. The van der Waals surface area contributed by atoms with Crippen LogP contribution in [0.25, 0.3) is 11.1 Å². The first kappa shape index (κ1) is 33.3. The number of imide groups is 1. The molecule has 0 bridgehead atoms. The van der Waals surface area contributed by atoms with Crippen LogP contribution in [-0.2, 0) is 14.4 Å². The average molecular weight is 682 g/mol. The van der Waals surface area contributed by atoms with Crippen molar-refractivity contribution in [1.82, 2.24) is 4.98 Å². The van der Waals surface area contributed by atoms with Crippen molar-refractivity contribution in [1.29, 1.82) is 0 Å². The lowest BCUT2D eigenvalue weighted by Gasteiger charge is -2.19. The number of benzene rings is 3. The molecule has 6 rings (SSSR count). The fourth-order valence-electron chi connectivity index (χ4n) is 4.83. The Kier molecular flexibility index (Phi) is 10.0. The van der Waals surface area contributed by atoms with Crippen LogP contribution in [0.1, 0.15) is 39.5 Å². The number of aromatic nitrogens is 1. The number of carboxylic acids is 1. The molecule has 1 aliphatic heterocycles. The predicted molar refractivity (Wildman–Crippen MR) is 172 cm³/mol. The first-order chi connectivity index (χ1) is 22.4. The normalized spacial score (nSPS) is 15.4. The molecule has 242 valence electrons. The molecule has 0 fully saturated rings. The second-order valence-corrected chi connectivity index (χ2v) is 11.4. The Morgan fingerprint density at radius 3 is 2.26 bits per heavy atom. The molecule has 10 nitrogen and oxygen atoms in total. The fourth-order valence-corrected chi connectivity index (χ4v) is 5.18. The monoisotopic (exact) mass is 680 g/mol. The van der Waals surface area contributed by atoms with Crippen molar-refractivity contribution in [3.8, 4) is 35.7 Å². The number of terminal acetylenes is 1. The van der Waals surface area contributed by atoms with Gasteiger partial charge < -0.3 is 23.7 Å². The number of carbonyl (C=O) groups is 3. The van der Waals surface area contributed by atoms with E-state index >= 15 is 0 Å². The number of nitrogens with zero attached hydrogens (tertiary/aromatic N) is 2. The summed E-state index contributed by atoms with van der Waals surface area (Å²) in [5.41, 5.74) is 1.98. The van der Waals surface area contributed by atoms with E-state index in [1.165, 1.54) is 13.0 Å². The van der Waals surface area contributed by atoms with Crippen molar-refractivity contribution >= 4 is 57.8 Å². The molecule has 47 heavy (non-hydrogen) atoms. The maximum absolute atomic E-state index is 14.4. The first-order valence-electron chi connectivity index (χ1n) is 14.4. The van der Waals surface area contributed by atoms with E-state index in [2.05, 4.69) is 10.9 Å². The second kappa shape index (κ2) is 14.2. The molecule has 4 aromatic rings. The molecular weight excluding hydrogens is 654 g/mol. The molecular formula is C34H27Cl2FN2O8. The highest BCUT2D eigenvalue weighted by Crippen LogP contribution is 2.40. The van der Waals surface area contributed by atoms with Gasteiger partial charge in [-0.25, -0.2) is 14.1 Å². The van der Waals surface area contributed by atoms with Gasteiger partial charge >= 0.3 is 12.0 Å². The maximum atomic E-state index is 14.4. The van der Waals surface area contributed by atoms with Gasteiger partial charge in [0, 0.05) is 28.3 Å². The SMILES string of the molecule is C#CC(C)Oc1cc(N2C(=O)C3=C(CCCC3)C2=O)c(F)cc1Cl.CC(Oc1ccc(Oc2nc3ccc(Cl)cc3o2)cc1)C(=O)O. The largest absolute Gasteiger partial charge is 0.479 e. The van der Waals surface area contributed by atoms with Gasteiger partial charge in [0.2, 0.25) is 0 Å². The lowest BCUT2D eigenvalue weighted by molar-refractivity contribution is -0.144. The second-order valence-electron chi connectivity index (χ2n) is 10.5. The quantitative estimate of drug-likeness (QED) is 0.147. The van der Waals surface area contributed by atoms with Gasteiger partial charge in [0.15, 0.2) is 17.8 Å². The number of amides is 2. The summed E-state index contributed by atoms with van der Waals surface area (Å²) >= 11 is 11.9. The van der Waals surface area contributed by atoms with Crippen LogP contribution >= 0.6 is 23.2 Å². The van der Waals surface area contributed by atoms with E-state index in [1.807, 2.05) is 0 Å². The molecule has 0 saturated carbocycles. The van der Waals surface area contributed by atoms with Crippen molar-refractivity contribution in [2.75, 3.05) is 4.90 Å². The van der Waals surface area contributed by atoms with Gasteiger partial charge in [-0.05, 0) is 82.0 Å². The third-order valence-corrected chi connectivity index (χ3v) is 7.72. The van der Waals surface area contributed by atoms with Crippen molar-refractivity contribution in [2.45, 2.75) is 51.7 Å². The third kappa shape index (κ3) is 7.51. The number of carboxylic acid groups (broad SMARTS) is 1. The minimum Gasteiger partial charge on any atom is -0.479 e. The molecule has 0 radical (unpaired) electrons. The smallest absolute Gasteiger partial charge is 0.400 e. The highest BCUT2D eigenvalue weighted by Gasteiger charge is 2.41. The highest BCUT2D eigenvalue weighted by molar-refractivity contribution is 6.34. The summed E-state index contributed by atoms with van der Waals surface area (Å²) in [6, 6.07) is 13.8. The Labute approximate surface area is 278 Å².